The summed E-state index contributed by atoms with van der Waals surface area (Å²) >= 11 is 0. The van der Waals surface area contributed by atoms with Gasteiger partial charge in [0.25, 0.3) is 0 Å². The molecule has 0 aliphatic rings. The first kappa shape index (κ1) is 97.7. The van der Waals surface area contributed by atoms with E-state index in [1.165, 1.54) is 51.4 Å². The molecule has 18 heteroatoms. The summed E-state index contributed by atoms with van der Waals surface area (Å²) in [4.78, 5) is 58.7. The van der Waals surface area contributed by atoms with Crippen LogP contribution in [0.1, 0.15) is 278 Å². The van der Waals surface area contributed by atoms with Gasteiger partial charge in [-0.05, 0) is 161 Å². The van der Waals surface area contributed by atoms with Crippen LogP contribution in [-0.4, -0.2) is 95.9 Å². The summed E-state index contributed by atoms with van der Waals surface area (Å²) in [6.45, 7) is 2.32. The lowest BCUT2D eigenvalue weighted by Crippen LogP contribution is -2.30. The van der Waals surface area contributed by atoms with Crippen molar-refractivity contribution in [1.82, 2.24) is 0 Å². The van der Waals surface area contributed by atoms with Crippen molar-refractivity contribution < 1.29 is 75.8 Å². The quantitative estimate of drug-likeness (QED) is 0.0146. The summed E-state index contributed by atoms with van der Waals surface area (Å²) < 4.78 is 61.1. The van der Waals surface area contributed by atoms with Gasteiger partial charge in [0.1, 0.15) is 25.4 Å². The van der Waals surface area contributed by atoms with E-state index in [2.05, 4.69) is 203 Å². The number of rotatable bonds is 72. The second-order valence-electron chi connectivity index (χ2n) is 25.4. The van der Waals surface area contributed by atoms with Crippen LogP contribution in [0, 0.1) is 0 Å². The maximum atomic E-state index is 13.0. The molecular weight excluding hydrogens is 1340 g/mol. The number of esters is 3. The van der Waals surface area contributed by atoms with Gasteiger partial charge in [0, 0.05) is 19.3 Å². The Kier molecular flexibility index (Phi) is 72.3. The van der Waals surface area contributed by atoms with Crippen LogP contribution in [0.25, 0.3) is 0 Å². The number of allylic oxidation sites excluding steroid dienone is 30. The number of unbranched alkanes of at least 4 members (excludes halogenated alkanes) is 19. The highest BCUT2D eigenvalue weighted by molar-refractivity contribution is 7.47. The Bertz CT molecular complexity index is 2600. The molecule has 4 N–H and O–H groups in total. The van der Waals surface area contributed by atoms with E-state index in [0.717, 1.165) is 167 Å². The SMILES string of the molecule is CC/C=C\C/C=C\C/C=C\C/C=C\C/C=C\C/C=C\CCCCC(=O)OCC(COP(=O)(O)OCC(O)COP(=O)(O)OCC(O)COC(=O)CCCCCCCCCCC/C=C\C/C=C\C/C=C\C/C=C\CCCCC)OC(=O)CCCCCCC/C=C\C/C=C\C/C=C\C/C=C\C/C=C\CC. The summed E-state index contributed by atoms with van der Waals surface area (Å²) in [5.74, 6) is -1.67. The van der Waals surface area contributed by atoms with E-state index >= 15 is 0 Å². The van der Waals surface area contributed by atoms with E-state index in [1.54, 1.807) is 0 Å². The fourth-order valence-corrected chi connectivity index (χ4v) is 11.3. The van der Waals surface area contributed by atoms with Crippen molar-refractivity contribution in [3.05, 3.63) is 182 Å². The molecule has 0 aromatic rings. The minimum absolute atomic E-state index is 0.0642. The molecule has 0 bridgehead atoms. The molecule has 0 saturated heterocycles. The molecule has 584 valence electrons. The number of hydrogen-bond donors (Lipinski definition) is 4. The number of aliphatic hydroxyl groups excluding tert-OH is 2. The van der Waals surface area contributed by atoms with E-state index in [1.807, 2.05) is 0 Å². The molecule has 0 aliphatic carbocycles. The maximum absolute atomic E-state index is 13.0. The second-order valence-corrected chi connectivity index (χ2v) is 28.3. The maximum Gasteiger partial charge on any atom is 0.472 e. The number of phosphoric ester groups is 2. The average molecular weight is 1480 g/mol. The van der Waals surface area contributed by atoms with Gasteiger partial charge in [0.15, 0.2) is 6.10 Å². The molecule has 0 heterocycles. The summed E-state index contributed by atoms with van der Waals surface area (Å²) in [5, 5.41) is 20.6. The van der Waals surface area contributed by atoms with Gasteiger partial charge in [0.2, 0.25) is 0 Å². The molecule has 5 atom stereocenters. The average Bonchev–Trinajstić information content (AvgIpc) is 0.935. The van der Waals surface area contributed by atoms with Crippen molar-refractivity contribution in [2.24, 2.45) is 0 Å². The minimum atomic E-state index is -4.96. The standard InChI is InChI=1S/C85H138O16P2/c1-4-7-10-13-16-19-22-25-28-31-34-37-38-39-40-43-45-47-50-53-56-59-62-65-68-71-83(88)95-74-80(86)75-97-102(91,92)98-76-81(87)77-99-103(93,94)100-79-82(101-85(90)73-70-67-64-61-58-55-52-49-46-42-36-33-30-27-24-21-18-15-12-9-6-3)78-96-84(89)72-69-66-63-60-57-54-51-48-44-41-35-32-29-26-23-20-17-14-11-8-5-2/h8-9,11-12,16-21,25-30,34-37,39-42,48-49,51-52,57,60,80-82,86-87H,4-7,10,13-15,22-24,31-33,38,43-47,50,53-56,58-59,61-79H2,1-3H3,(H,91,92)(H,93,94)/b11-8-,12-9-,19-16-,20-17-,21-18-,28-25-,29-26-,30-27-,37-34-,40-39-,41-35-,42-36-,51-48-,52-49-,60-57-. The van der Waals surface area contributed by atoms with E-state index < -0.39 is 91.5 Å². The normalized spacial score (nSPS) is 15.0. The van der Waals surface area contributed by atoms with Crippen molar-refractivity contribution in [3.63, 3.8) is 0 Å². The van der Waals surface area contributed by atoms with Gasteiger partial charge in [-0.25, -0.2) is 9.13 Å². The molecule has 5 unspecified atom stereocenters. The van der Waals surface area contributed by atoms with Crippen molar-refractivity contribution >= 4 is 33.6 Å². The van der Waals surface area contributed by atoms with Crippen LogP contribution in [0.5, 0.6) is 0 Å². The molecule has 0 amide bonds. The molecule has 16 nitrogen and oxygen atoms in total. The zero-order chi connectivity index (χ0) is 75.2. The van der Waals surface area contributed by atoms with Crippen LogP contribution in [0.15, 0.2) is 182 Å². The van der Waals surface area contributed by atoms with Crippen LogP contribution in [0.3, 0.4) is 0 Å². The molecule has 0 aromatic heterocycles. The van der Waals surface area contributed by atoms with E-state index in [4.69, 9.17) is 32.3 Å². The predicted octanol–water partition coefficient (Wildman–Crippen LogP) is 23.0. The zero-order valence-electron chi connectivity index (χ0n) is 63.7. The van der Waals surface area contributed by atoms with Gasteiger partial charge in [-0.3, -0.25) is 32.5 Å². The number of carbonyl (C=O) groups excluding carboxylic acids is 3. The Balaban J connectivity index is 4.76. The van der Waals surface area contributed by atoms with Crippen LogP contribution < -0.4 is 0 Å². The first-order chi connectivity index (χ1) is 50.2. The molecule has 103 heavy (non-hydrogen) atoms. The molecule has 0 spiro atoms. The summed E-state index contributed by atoms with van der Waals surface area (Å²) in [6, 6.07) is 0. The Morgan fingerprint density at radius 1 is 0.282 bits per heavy atom. The minimum Gasteiger partial charge on any atom is -0.463 e. The van der Waals surface area contributed by atoms with Crippen LogP contribution in [0.4, 0.5) is 0 Å². The molecular formula is C85H138O16P2. The fraction of sp³-hybridized carbons (Fsp3) is 0.612. The van der Waals surface area contributed by atoms with E-state index in [9.17, 15) is 43.5 Å². The second kappa shape index (κ2) is 76.3. The van der Waals surface area contributed by atoms with E-state index in [-0.39, 0.29) is 19.3 Å². The van der Waals surface area contributed by atoms with Gasteiger partial charge in [-0.1, -0.05) is 280 Å². The van der Waals surface area contributed by atoms with Gasteiger partial charge >= 0.3 is 33.6 Å². The number of carbonyl (C=O) groups is 3. The smallest absolute Gasteiger partial charge is 0.463 e. The van der Waals surface area contributed by atoms with Crippen molar-refractivity contribution in [2.45, 2.75) is 296 Å². The van der Waals surface area contributed by atoms with Gasteiger partial charge in [-0.15, -0.1) is 0 Å². The molecule has 0 rings (SSSR count). The predicted molar refractivity (Wildman–Crippen MR) is 426 cm³/mol. The highest BCUT2D eigenvalue weighted by Crippen LogP contribution is 2.45. The van der Waals surface area contributed by atoms with Gasteiger partial charge in [0.05, 0.1) is 26.4 Å². The lowest BCUT2D eigenvalue weighted by molar-refractivity contribution is -0.161. The summed E-state index contributed by atoms with van der Waals surface area (Å²) in [5.41, 5.74) is 0. The van der Waals surface area contributed by atoms with Crippen molar-refractivity contribution in [3.8, 4) is 0 Å². The Morgan fingerprint density at radius 3 is 0.835 bits per heavy atom. The lowest BCUT2D eigenvalue weighted by atomic mass is 10.1. The zero-order valence-corrected chi connectivity index (χ0v) is 65.5. The van der Waals surface area contributed by atoms with E-state index in [0.29, 0.717) is 19.3 Å². The number of phosphoric acid groups is 2. The van der Waals surface area contributed by atoms with Crippen LogP contribution in [-0.2, 0) is 55.8 Å². The van der Waals surface area contributed by atoms with Crippen molar-refractivity contribution in [1.29, 1.82) is 0 Å². The third kappa shape index (κ3) is 77.6. The van der Waals surface area contributed by atoms with Crippen LogP contribution >= 0.6 is 15.6 Å². The number of ether oxygens (including phenoxy) is 3. The Morgan fingerprint density at radius 2 is 0.515 bits per heavy atom. The molecule has 0 saturated carbocycles. The van der Waals surface area contributed by atoms with Gasteiger partial charge < -0.3 is 34.2 Å². The first-order valence-electron chi connectivity index (χ1n) is 39.1. The third-order valence-corrected chi connectivity index (χ3v) is 17.5. The Labute approximate surface area is 624 Å². The summed E-state index contributed by atoms with van der Waals surface area (Å²) in [7, 11) is -9.83. The monoisotopic (exact) mass is 1480 g/mol. The first-order valence-corrected chi connectivity index (χ1v) is 42.1. The lowest BCUT2D eigenvalue weighted by Gasteiger charge is -2.21. The molecule has 0 aliphatic heterocycles. The highest BCUT2D eigenvalue weighted by Gasteiger charge is 2.29. The Hall–Kier alpha value is -5.35. The van der Waals surface area contributed by atoms with Crippen molar-refractivity contribution in [2.75, 3.05) is 39.6 Å². The molecule has 0 radical (unpaired) electrons. The topological polar surface area (TPSA) is 231 Å². The molecule has 0 fully saturated rings. The molecule has 0 aromatic carbocycles. The number of aliphatic hydroxyl groups is 2. The van der Waals surface area contributed by atoms with Gasteiger partial charge in [-0.2, -0.15) is 0 Å². The number of hydrogen-bond acceptors (Lipinski definition) is 14. The van der Waals surface area contributed by atoms with Crippen LogP contribution in [0.2, 0.25) is 0 Å². The third-order valence-electron chi connectivity index (χ3n) is 15.6. The highest BCUT2D eigenvalue weighted by atomic mass is 31.2. The fourth-order valence-electron chi connectivity index (χ4n) is 9.70. The largest absolute Gasteiger partial charge is 0.472 e. The summed E-state index contributed by atoms with van der Waals surface area (Å²) in [6.07, 6.45) is 97.8.